The molecule has 1 aliphatic rings. The molecule has 142 valence electrons. The summed E-state index contributed by atoms with van der Waals surface area (Å²) in [4.78, 5) is 6.05. The first-order valence-corrected chi connectivity index (χ1v) is 9.60. The predicted molar refractivity (Wildman–Crippen MR) is 113 cm³/mol. The van der Waals surface area contributed by atoms with Crippen molar-refractivity contribution in [3.63, 3.8) is 0 Å². The Hall–Kier alpha value is -3.07. The molecule has 0 spiro atoms. The van der Waals surface area contributed by atoms with Crippen molar-refractivity contribution in [2.24, 2.45) is 5.16 Å². The Labute approximate surface area is 166 Å². The number of rotatable bonds is 4. The predicted octanol–water partition coefficient (Wildman–Crippen LogP) is 5.88. The molecule has 3 heteroatoms. The van der Waals surface area contributed by atoms with Crippen LogP contribution in [0.3, 0.4) is 0 Å². The van der Waals surface area contributed by atoms with Crippen LogP contribution in [-0.4, -0.2) is 12.8 Å². The van der Waals surface area contributed by atoms with Crippen LogP contribution in [0.15, 0.2) is 71.9 Å². The molecule has 4 rings (SSSR count). The highest BCUT2D eigenvalue weighted by Gasteiger charge is 2.39. The molecule has 0 N–H and O–H groups in total. The molecule has 0 bridgehead atoms. The lowest BCUT2D eigenvalue weighted by Gasteiger charge is -2.23. The summed E-state index contributed by atoms with van der Waals surface area (Å²) in [5, 5.41) is 4.61. The number of benzene rings is 3. The zero-order chi connectivity index (χ0) is 19.7. The molecule has 0 aromatic heterocycles. The largest absolute Gasteiger partial charge is 0.496 e. The Morgan fingerprint density at radius 1 is 0.857 bits per heavy atom. The van der Waals surface area contributed by atoms with Crippen molar-refractivity contribution in [3.8, 4) is 5.75 Å². The number of para-hydroxylation sites is 1. The molecule has 3 aromatic rings. The highest BCUT2D eigenvalue weighted by atomic mass is 16.6. The van der Waals surface area contributed by atoms with Gasteiger partial charge in [0, 0.05) is 11.1 Å². The van der Waals surface area contributed by atoms with Gasteiger partial charge >= 0.3 is 0 Å². The Morgan fingerprint density at radius 2 is 1.50 bits per heavy atom. The molecule has 1 aliphatic heterocycles. The maximum Gasteiger partial charge on any atom is 0.165 e. The van der Waals surface area contributed by atoms with E-state index in [0.717, 1.165) is 22.6 Å². The third-order valence-electron chi connectivity index (χ3n) is 5.40. The molecule has 0 amide bonds. The lowest BCUT2D eigenvalue weighted by Crippen LogP contribution is -2.19. The Bertz CT molecular complexity index is 1000. The molecule has 3 aromatic carbocycles. The Morgan fingerprint density at radius 3 is 2.18 bits per heavy atom. The van der Waals surface area contributed by atoms with Crippen molar-refractivity contribution in [1.29, 1.82) is 0 Å². The zero-order valence-corrected chi connectivity index (χ0v) is 16.8. The Balaban J connectivity index is 1.89. The number of hydrogen-bond acceptors (Lipinski definition) is 3. The Kier molecular flexibility index (Phi) is 4.91. The van der Waals surface area contributed by atoms with E-state index in [0.29, 0.717) is 0 Å². The third kappa shape index (κ3) is 3.18. The lowest BCUT2D eigenvalue weighted by atomic mass is 9.80. The van der Waals surface area contributed by atoms with Crippen LogP contribution in [0, 0.1) is 20.8 Å². The number of hydrogen-bond donors (Lipinski definition) is 0. The van der Waals surface area contributed by atoms with Crippen LogP contribution in [0.5, 0.6) is 5.75 Å². The monoisotopic (exact) mass is 371 g/mol. The van der Waals surface area contributed by atoms with Crippen molar-refractivity contribution < 1.29 is 9.57 Å². The van der Waals surface area contributed by atoms with E-state index in [1.807, 2.05) is 36.4 Å². The quantitative estimate of drug-likeness (QED) is 0.573. The van der Waals surface area contributed by atoms with Gasteiger partial charge in [-0.05, 0) is 43.5 Å². The van der Waals surface area contributed by atoms with E-state index in [1.165, 1.54) is 22.3 Å². The van der Waals surface area contributed by atoms with Crippen molar-refractivity contribution in [3.05, 3.63) is 100 Å². The van der Waals surface area contributed by atoms with Crippen LogP contribution >= 0.6 is 0 Å². The first kappa shape index (κ1) is 18.3. The molecule has 0 fully saturated rings. The van der Waals surface area contributed by atoms with E-state index in [9.17, 15) is 0 Å². The fraction of sp³-hybridized carbons (Fsp3) is 0.240. The van der Waals surface area contributed by atoms with Gasteiger partial charge in [0.1, 0.15) is 5.75 Å². The van der Waals surface area contributed by atoms with Crippen LogP contribution in [-0.2, 0) is 4.84 Å². The summed E-state index contributed by atoms with van der Waals surface area (Å²) >= 11 is 0. The molecular weight excluding hydrogens is 346 g/mol. The van der Waals surface area contributed by atoms with Gasteiger partial charge in [-0.25, -0.2) is 0 Å². The molecule has 1 heterocycles. The van der Waals surface area contributed by atoms with Gasteiger partial charge in [0.15, 0.2) is 6.10 Å². The van der Waals surface area contributed by atoms with Crippen molar-refractivity contribution >= 4 is 5.71 Å². The molecule has 2 atom stereocenters. The van der Waals surface area contributed by atoms with E-state index in [4.69, 9.17) is 9.57 Å². The van der Waals surface area contributed by atoms with E-state index < -0.39 is 0 Å². The van der Waals surface area contributed by atoms with Gasteiger partial charge in [0.25, 0.3) is 0 Å². The van der Waals surface area contributed by atoms with Crippen molar-refractivity contribution in [2.75, 3.05) is 7.11 Å². The number of methoxy groups -OCH3 is 1. The summed E-state index contributed by atoms with van der Waals surface area (Å²) in [6.45, 7) is 6.42. The standard InChI is InChI=1S/C25H25NO2/c1-16-14-17(2)22(18(3)15-16)24-23(20-12-8-9-13-21(20)27-4)25(28-26-24)19-10-6-5-7-11-19/h5-15,23,25H,1-4H3/t23-,25+/m1/s1. The molecular formula is C25H25NO2. The molecule has 28 heavy (non-hydrogen) atoms. The molecule has 0 saturated carbocycles. The molecule has 0 aliphatic carbocycles. The van der Waals surface area contributed by atoms with Crippen LogP contribution < -0.4 is 4.74 Å². The summed E-state index contributed by atoms with van der Waals surface area (Å²) in [5.74, 6) is 0.813. The maximum atomic E-state index is 6.05. The summed E-state index contributed by atoms with van der Waals surface area (Å²) in [6.07, 6.45) is -0.187. The number of nitrogens with zero attached hydrogens (tertiary/aromatic N) is 1. The van der Waals surface area contributed by atoms with E-state index in [2.05, 4.69) is 56.3 Å². The van der Waals surface area contributed by atoms with Gasteiger partial charge < -0.3 is 9.57 Å². The maximum absolute atomic E-state index is 6.05. The van der Waals surface area contributed by atoms with E-state index in [1.54, 1.807) is 7.11 Å². The van der Waals surface area contributed by atoms with Gasteiger partial charge in [0.05, 0.1) is 18.7 Å². The first-order valence-electron chi connectivity index (χ1n) is 9.60. The van der Waals surface area contributed by atoms with Crippen LogP contribution in [0.25, 0.3) is 0 Å². The molecule has 0 radical (unpaired) electrons. The second-order valence-corrected chi connectivity index (χ2v) is 7.41. The SMILES string of the molecule is COc1ccccc1[C@@H]1C(c2c(C)cc(C)cc2C)=NO[C@H]1c1ccccc1. The van der Waals surface area contributed by atoms with Crippen LogP contribution in [0.1, 0.15) is 45.4 Å². The topological polar surface area (TPSA) is 30.8 Å². The third-order valence-corrected chi connectivity index (χ3v) is 5.40. The second-order valence-electron chi connectivity index (χ2n) is 7.41. The average molecular weight is 371 g/mol. The number of oxime groups is 1. The fourth-order valence-electron chi connectivity index (χ4n) is 4.29. The highest BCUT2D eigenvalue weighted by Crippen LogP contribution is 2.45. The van der Waals surface area contributed by atoms with E-state index in [-0.39, 0.29) is 12.0 Å². The lowest BCUT2D eigenvalue weighted by molar-refractivity contribution is 0.0758. The zero-order valence-electron chi connectivity index (χ0n) is 16.8. The van der Waals surface area contributed by atoms with Crippen LogP contribution in [0.2, 0.25) is 0 Å². The summed E-state index contributed by atoms with van der Waals surface area (Å²) < 4.78 is 5.70. The normalized spacial score (nSPS) is 18.5. The number of ether oxygens (including phenoxy) is 1. The molecule has 0 unspecified atom stereocenters. The van der Waals surface area contributed by atoms with Gasteiger partial charge in [-0.3, -0.25) is 0 Å². The first-order chi connectivity index (χ1) is 13.6. The fourth-order valence-corrected chi connectivity index (χ4v) is 4.29. The smallest absolute Gasteiger partial charge is 0.165 e. The van der Waals surface area contributed by atoms with Crippen LogP contribution in [0.4, 0.5) is 0 Å². The van der Waals surface area contributed by atoms with Gasteiger partial charge in [0.2, 0.25) is 0 Å². The van der Waals surface area contributed by atoms with Crippen molar-refractivity contribution in [2.45, 2.75) is 32.8 Å². The van der Waals surface area contributed by atoms with Crippen molar-refractivity contribution in [1.82, 2.24) is 0 Å². The minimum Gasteiger partial charge on any atom is -0.496 e. The van der Waals surface area contributed by atoms with E-state index >= 15 is 0 Å². The second kappa shape index (κ2) is 7.51. The minimum atomic E-state index is -0.187. The van der Waals surface area contributed by atoms with Gasteiger partial charge in [-0.2, -0.15) is 0 Å². The van der Waals surface area contributed by atoms with Gasteiger partial charge in [-0.15, -0.1) is 0 Å². The summed E-state index contributed by atoms with van der Waals surface area (Å²) in [6, 6.07) is 22.9. The minimum absolute atomic E-state index is 0.0429. The van der Waals surface area contributed by atoms with Gasteiger partial charge in [-0.1, -0.05) is 71.4 Å². The molecule has 3 nitrogen and oxygen atoms in total. The number of aryl methyl sites for hydroxylation is 3. The highest BCUT2D eigenvalue weighted by molar-refractivity contribution is 6.08. The summed E-state index contributed by atoms with van der Waals surface area (Å²) in [5.41, 5.74) is 8.02. The average Bonchev–Trinajstić information content (AvgIpc) is 3.12. The molecule has 0 saturated heterocycles. The summed E-state index contributed by atoms with van der Waals surface area (Å²) in [7, 11) is 1.71.